The summed E-state index contributed by atoms with van der Waals surface area (Å²) < 4.78 is 4.75. The Labute approximate surface area is 219 Å². The lowest BCUT2D eigenvalue weighted by Crippen LogP contribution is -1.96. The van der Waals surface area contributed by atoms with Crippen molar-refractivity contribution in [3.05, 3.63) is 140 Å². The first kappa shape index (κ1) is 21.0. The van der Waals surface area contributed by atoms with Crippen molar-refractivity contribution in [2.24, 2.45) is 0 Å². The second kappa shape index (κ2) is 8.19. The van der Waals surface area contributed by atoms with E-state index in [2.05, 4.69) is 142 Å². The average Bonchev–Trinajstić information content (AvgIpc) is 3.51. The summed E-state index contributed by atoms with van der Waals surface area (Å²) in [6.45, 7) is 0. The van der Waals surface area contributed by atoms with Gasteiger partial charge in [-0.2, -0.15) is 0 Å². The number of hydrogen-bond acceptors (Lipinski definition) is 1. The molecule has 5 aromatic carbocycles. The summed E-state index contributed by atoms with van der Waals surface area (Å²) in [4.78, 5) is 4.47. The molecule has 0 fully saturated rings. The predicted octanol–water partition coefficient (Wildman–Crippen LogP) is 8.94. The Balaban J connectivity index is 1.48. The van der Waals surface area contributed by atoms with Crippen LogP contribution in [-0.2, 0) is 0 Å². The molecule has 0 aliphatic heterocycles. The Morgan fingerprint density at radius 2 is 1.11 bits per heavy atom. The van der Waals surface area contributed by atoms with Crippen molar-refractivity contribution in [2.75, 3.05) is 0 Å². The number of pyridine rings is 1. The van der Waals surface area contributed by atoms with E-state index >= 15 is 0 Å². The van der Waals surface area contributed by atoms with Crippen molar-refractivity contribution < 1.29 is 0 Å². The number of hydrogen-bond donors (Lipinski definition) is 0. The third-order valence-electron chi connectivity index (χ3n) is 7.60. The summed E-state index contributed by atoms with van der Waals surface area (Å²) in [5.41, 5.74) is 9.48. The van der Waals surface area contributed by atoms with Gasteiger partial charge in [-0.1, -0.05) is 84.9 Å². The highest BCUT2D eigenvalue weighted by Gasteiger charge is 2.18. The topological polar surface area (TPSA) is 22.8 Å². The largest absolute Gasteiger partial charge is 0.309 e. The normalized spacial score (nSPS) is 11.7. The van der Waals surface area contributed by atoms with Crippen LogP contribution in [0.4, 0.5) is 0 Å². The van der Waals surface area contributed by atoms with Crippen molar-refractivity contribution in [3.63, 3.8) is 0 Å². The molecule has 3 heteroatoms. The zero-order valence-electron chi connectivity index (χ0n) is 20.6. The Bertz CT molecular complexity index is 2120. The van der Waals surface area contributed by atoms with Crippen LogP contribution in [0.2, 0.25) is 0 Å². The minimum atomic E-state index is 1.14. The van der Waals surface area contributed by atoms with Gasteiger partial charge in [-0.3, -0.25) is 4.98 Å². The van der Waals surface area contributed by atoms with Gasteiger partial charge in [0.05, 0.1) is 22.1 Å². The maximum absolute atomic E-state index is 4.47. The van der Waals surface area contributed by atoms with Crippen LogP contribution in [0.5, 0.6) is 0 Å². The van der Waals surface area contributed by atoms with Crippen molar-refractivity contribution in [1.82, 2.24) is 14.1 Å². The molecule has 0 N–H and O–H groups in total. The predicted molar refractivity (Wildman–Crippen MR) is 158 cm³/mol. The van der Waals surface area contributed by atoms with E-state index in [4.69, 9.17) is 0 Å². The Kier molecular flexibility index (Phi) is 4.52. The summed E-state index contributed by atoms with van der Waals surface area (Å²) in [5.74, 6) is 0. The van der Waals surface area contributed by atoms with E-state index in [0.717, 1.165) is 16.6 Å². The van der Waals surface area contributed by atoms with Crippen LogP contribution in [0.15, 0.2) is 140 Å². The second-order valence-electron chi connectivity index (χ2n) is 9.69. The molecule has 0 saturated carbocycles. The van der Waals surface area contributed by atoms with E-state index in [0.29, 0.717) is 0 Å². The van der Waals surface area contributed by atoms with E-state index < -0.39 is 0 Å². The number of para-hydroxylation sites is 4. The summed E-state index contributed by atoms with van der Waals surface area (Å²) in [6, 6.07) is 45.5. The van der Waals surface area contributed by atoms with Crippen LogP contribution in [-0.4, -0.2) is 14.1 Å². The molecule has 0 unspecified atom stereocenters. The molecule has 38 heavy (non-hydrogen) atoms. The SMILES string of the molecule is c1ccc(-n2c3ccccc3c3ccc(-c4cccc5c6cnccc6n(-c6ccccc6)c45)cc32)cc1. The third kappa shape index (κ3) is 2.99. The van der Waals surface area contributed by atoms with Crippen LogP contribution < -0.4 is 0 Å². The minimum Gasteiger partial charge on any atom is -0.309 e. The number of nitrogens with zero attached hydrogens (tertiary/aromatic N) is 3. The molecule has 3 nitrogen and oxygen atoms in total. The lowest BCUT2D eigenvalue weighted by molar-refractivity contribution is 1.17. The van der Waals surface area contributed by atoms with E-state index in [1.165, 1.54) is 49.5 Å². The van der Waals surface area contributed by atoms with E-state index in [1.807, 2.05) is 12.4 Å². The van der Waals surface area contributed by atoms with Crippen LogP contribution in [0.25, 0.3) is 66.1 Å². The smallest absolute Gasteiger partial charge is 0.0620 e. The number of rotatable bonds is 3. The van der Waals surface area contributed by atoms with Gasteiger partial charge in [0.25, 0.3) is 0 Å². The lowest BCUT2D eigenvalue weighted by Gasteiger charge is -2.12. The molecule has 0 amide bonds. The van der Waals surface area contributed by atoms with Crippen LogP contribution >= 0.6 is 0 Å². The second-order valence-corrected chi connectivity index (χ2v) is 9.69. The summed E-state index contributed by atoms with van der Waals surface area (Å²) >= 11 is 0. The van der Waals surface area contributed by atoms with Gasteiger partial charge in [0.15, 0.2) is 0 Å². The summed E-state index contributed by atoms with van der Waals surface area (Å²) in [6.07, 6.45) is 3.86. The fraction of sp³-hybridized carbons (Fsp3) is 0. The first-order valence-electron chi connectivity index (χ1n) is 12.9. The Hall–Kier alpha value is -5.15. The Morgan fingerprint density at radius 1 is 0.447 bits per heavy atom. The first-order valence-corrected chi connectivity index (χ1v) is 12.9. The molecule has 3 heterocycles. The number of aromatic nitrogens is 3. The van der Waals surface area contributed by atoms with E-state index in [9.17, 15) is 0 Å². The van der Waals surface area contributed by atoms with Crippen molar-refractivity contribution in [2.45, 2.75) is 0 Å². The zero-order valence-corrected chi connectivity index (χ0v) is 20.6. The highest BCUT2D eigenvalue weighted by Crippen LogP contribution is 2.40. The molecule has 0 bridgehead atoms. The summed E-state index contributed by atoms with van der Waals surface area (Å²) in [7, 11) is 0. The molecule has 0 spiro atoms. The van der Waals surface area contributed by atoms with Crippen LogP contribution in [0.1, 0.15) is 0 Å². The monoisotopic (exact) mass is 485 g/mol. The van der Waals surface area contributed by atoms with Gasteiger partial charge in [-0.05, 0) is 48.0 Å². The zero-order chi connectivity index (χ0) is 25.1. The summed E-state index contributed by atoms with van der Waals surface area (Å²) in [5, 5.41) is 4.89. The number of benzene rings is 5. The minimum absolute atomic E-state index is 1.14. The average molecular weight is 486 g/mol. The molecule has 8 aromatic rings. The van der Waals surface area contributed by atoms with Crippen LogP contribution in [0, 0.1) is 0 Å². The standard InChI is InChI=1S/C35H23N3/c1-3-10-25(11-4-1)37-32-17-8-7-14-28(32)29-19-18-24(22-34(29)37)27-15-9-16-30-31-23-36-21-20-33(31)38(35(27)30)26-12-5-2-6-13-26/h1-23H. The quantitative estimate of drug-likeness (QED) is 0.245. The highest BCUT2D eigenvalue weighted by molar-refractivity contribution is 6.15. The fourth-order valence-electron chi connectivity index (χ4n) is 5.98. The molecule has 0 atom stereocenters. The molecule has 0 radical (unpaired) electrons. The molecule has 0 aliphatic rings. The maximum atomic E-state index is 4.47. The maximum Gasteiger partial charge on any atom is 0.0620 e. The number of fused-ring (bicyclic) bond motifs is 6. The third-order valence-corrected chi connectivity index (χ3v) is 7.60. The van der Waals surface area contributed by atoms with Crippen LogP contribution in [0.3, 0.4) is 0 Å². The van der Waals surface area contributed by atoms with Gasteiger partial charge in [-0.25, -0.2) is 0 Å². The Morgan fingerprint density at radius 3 is 1.92 bits per heavy atom. The van der Waals surface area contributed by atoms with Crippen molar-refractivity contribution >= 4 is 43.6 Å². The van der Waals surface area contributed by atoms with Gasteiger partial charge < -0.3 is 9.13 Å². The van der Waals surface area contributed by atoms with E-state index in [-0.39, 0.29) is 0 Å². The molecular weight excluding hydrogens is 462 g/mol. The molecule has 3 aromatic heterocycles. The first-order chi connectivity index (χ1) is 18.9. The molecule has 0 saturated heterocycles. The van der Waals surface area contributed by atoms with Crippen molar-refractivity contribution in [1.29, 1.82) is 0 Å². The van der Waals surface area contributed by atoms with Gasteiger partial charge in [0.2, 0.25) is 0 Å². The van der Waals surface area contributed by atoms with Gasteiger partial charge in [-0.15, -0.1) is 0 Å². The van der Waals surface area contributed by atoms with Gasteiger partial charge >= 0.3 is 0 Å². The highest BCUT2D eigenvalue weighted by atomic mass is 15.0. The molecule has 0 aliphatic carbocycles. The van der Waals surface area contributed by atoms with Gasteiger partial charge in [0, 0.05) is 50.9 Å². The molecule has 178 valence electrons. The molecule has 8 rings (SSSR count). The van der Waals surface area contributed by atoms with E-state index in [1.54, 1.807) is 0 Å². The molecular formula is C35H23N3. The van der Waals surface area contributed by atoms with Gasteiger partial charge in [0.1, 0.15) is 0 Å². The lowest BCUT2D eigenvalue weighted by atomic mass is 10.0. The fourth-order valence-corrected chi connectivity index (χ4v) is 5.98. The van der Waals surface area contributed by atoms with Crippen molar-refractivity contribution in [3.8, 4) is 22.5 Å².